The zero-order valence-corrected chi connectivity index (χ0v) is 12.7. The summed E-state index contributed by atoms with van der Waals surface area (Å²) < 4.78 is 0. The van der Waals surface area contributed by atoms with Gasteiger partial charge < -0.3 is 10.2 Å². The van der Waals surface area contributed by atoms with Crippen LogP contribution in [0.4, 0.5) is 0 Å². The molecule has 1 aromatic carbocycles. The Bertz CT molecular complexity index is 708. The van der Waals surface area contributed by atoms with Gasteiger partial charge in [0, 0.05) is 11.6 Å². The second-order valence-corrected chi connectivity index (χ2v) is 6.70. The molecule has 0 aliphatic heterocycles. The standard InChI is InChI=1S/C15H13NO3S2/c17-12-6-9-1-2-11(5-10(9)7-13(12)18)21-8-14(19)15-16-3-4-20-15/h3-7,17-18H,1-2,8H2. The Balaban J connectivity index is 1.71. The molecule has 0 radical (unpaired) electrons. The van der Waals surface area contributed by atoms with Crippen molar-refractivity contribution < 1.29 is 15.0 Å². The number of benzene rings is 1. The summed E-state index contributed by atoms with van der Waals surface area (Å²) in [5.41, 5.74) is 1.92. The Hall–Kier alpha value is -1.79. The van der Waals surface area contributed by atoms with Crippen LogP contribution >= 0.6 is 23.1 Å². The molecular formula is C15H13NO3S2. The molecular weight excluding hydrogens is 306 g/mol. The van der Waals surface area contributed by atoms with Crippen LogP contribution in [-0.4, -0.2) is 26.7 Å². The molecule has 0 spiro atoms. The first-order valence-corrected chi connectivity index (χ1v) is 8.31. The van der Waals surface area contributed by atoms with Crippen LogP contribution < -0.4 is 0 Å². The molecule has 0 amide bonds. The Kier molecular flexibility index (Phi) is 3.98. The Morgan fingerprint density at radius 3 is 2.86 bits per heavy atom. The Morgan fingerprint density at radius 1 is 1.29 bits per heavy atom. The van der Waals surface area contributed by atoms with Crippen LogP contribution in [0.1, 0.15) is 27.3 Å². The summed E-state index contributed by atoms with van der Waals surface area (Å²) in [5, 5.41) is 21.4. The lowest BCUT2D eigenvalue weighted by atomic mass is 9.96. The van der Waals surface area contributed by atoms with E-state index in [1.165, 1.54) is 23.1 Å². The van der Waals surface area contributed by atoms with Gasteiger partial charge in [-0.1, -0.05) is 0 Å². The van der Waals surface area contributed by atoms with Crippen molar-refractivity contribution in [1.82, 2.24) is 4.98 Å². The van der Waals surface area contributed by atoms with Gasteiger partial charge in [0.25, 0.3) is 0 Å². The number of carbonyl (C=O) groups excluding carboxylic acids is 1. The summed E-state index contributed by atoms with van der Waals surface area (Å²) >= 11 is 2.87. The minimum absolute atomic E-state index is 0.0373. The van der Waals surface area contributed by atoms with Crippen LogP contribution in [0.5, 0.6) is 11.5 Å². The molecule has 2 N–H and O–H groups in total. The van der Waals surface area contributed by atoms with Crippen LogP contribution in [0, 0.1) is 0 Å². The molecule has 2 aromatic rings. The summed E-state index contributed by atoms with van der Waals surface area (Å²) in [7, 11) is 0. The van der Waals surface area contributed by atoms with Crippen molar-refractivity contribution in [2.75, 3.05) is 5.75 Å². The SMILES string of the molecule is O=C(CSC1=Cc2cc(O)c(O)cc2CC1)c1nccs1. The number of thioether (sulfide) groups is 1. The van der Waals surface area contributed by atoms with Gasteiger partial charge in [-0.25, -0.2) is 4.98 Å². The summed E-state index contributed by atoms with van der Waals surface area (Å²) in [6, 6.07) is 3.16. The second kappa shape index (κ2) is 5.91. The molecule has 1 aliphatic rings. The van der Waals surface area contributed by atoms with Gasteiger partial charge in [-0.05, 0) is 47.1 Å². The topological polar surface area (TPSA) is 70.4 Å². The number of hydrogen-bond acceptors (Lipinski definition) is 6. The normalized spacial score (nSPS) is 13.6. The number of nitrogens with zero attached hydrogens (tertiary/aromatic N) is 1. The maximum absolute atomic E-state index is 11.9. The van der Waals surface area contributed by atoms with E-state index < -0.39 is 0 Å². The van der Waals surface area contributed by atoms with Crippen molar-refractivity contribution in [3.63, 3.8) is 0 Å². The highest BCUT2D eigenvalue weighted by Gasteiger charge is 2.16. The fourth-order valence-electron chi connectivity index (χ4n) is 2.19. The predicted octanol–water partition coefficient (Wildman–Crippen LogP) is 3.46. The number of carbonyl (C=O) groups is 1. The first-order chi connectivity index (χ1) is 10.1. The van der Waals surface area contributed by atoms with Crippen LogP contribution in [-0.2, 0) is 6.42 Å². The smallest absolute Gasteiger partial charge is 0.201 e. The quantitative estimate of drug-likeness (QED) is 0.667. The third-order valence-electron chi connectivity index (χ3n) is 3.25. The molecule has 4 nitrogen and oxygen atoms in total. The summed E-state index contributed by atoms with van der Waals surface area (Å²) in [6.45, 7) is 0. The molecule has 1 aliphatic carbocycles. The van der Waals surface area contributed by atoms with Gasteiger partial charge >= 0.3 is 0 Å². The number of allylic oxidation sites excluding steroid dienone is 1. The lowest BCUT2D eigenvalue weighted by Gasteiger charge is -2.16. The highest BCUT2D eigenvalue weighted by Crippen LogP contribution is 2.36. The molecule has 1 aromatic heterocycles. The molecule has 3 rings (SSSR count). The number of phenolic OH excluding ortho intramolecular Hbond substituents is 2. The monoisotopic (exact) mass is 319 g/mol. The highest BCUT2D eigenvalue weighted by atomic mass is 32.2. The predicted molar refractivity (Wildman–Crippen MR) is 85.0 cm³/mol. The van der Waals surface area contributed by atoms with E-state index >= 15 is 0 Å². The van der Waals surface area contributed by atoms with Gasteiger partial charge in [-0.3, -0.25) is 4.79 Å². The maximum Gasteiger partial charge on any atom is 0.201 e. The van der Waals surface area contributed by atoms with Crippen molar-refractivity contribution in [2.45, 2.75) is 12.8 Å². The Labute approximate surface area is 130 Å². The molecule has 108 valence electrons. The van der Waals surface area contributed by atoms with E-state index in [9.17, 15) is 15.0 Å². The highest BCUT2D eigenvalue weighted by molar-refractivity contribution is 8.03. The number of thiazole rings is 1. The number of aryl methyl sites for hydroxylation is 1. The van der Waals surface area contributed by atoms with Gasteiger partial charge in [0.1, 0.15) is 0 Å². The molecule has 21 heavy (non-hydrogen) atoms. The third kappa shape index (κ3) is 3.11. The molecule has 0 atom stereocenters. The molecule has 0 saturated carbocycles. The van der Waals surface area contributed by atoms with Crippen LogP contribution in [0.15, 0.2) is 28.6 Å². The average Bonchev–Trinajstić information content (AvgIpc) is 3.00. The lowest BCUT2D eigenvalue weighted by molar-refractivity contribution is 0.102. The minimum Gasteiger partial charge on any atom is -0.504 e. The summed E-state index contributed by atoms with van der Waals surface area (Å²) in [6.07, 6.45) is 5.24. The van der Waals surface area contributed by atoms with E-state index in [4.69, 9.17) is 0 Å². The molecule has 0 bridgehead atoms. The number of ketones is 1. The van der Waals surface area contributed by atoms with Crippen molar-refractivity contribution in [3.8, 4) is 11.5 Å². The number of aromatic nitrogens is 1. The molecule has 0 saturated heterocycles. The molecule has 0 unspecified atom stereocenters. The van der Waals surface area contributed by atoms with E-state index in [0.717, 1.165) is 28.9 Å². The van der Waals surface area contributed by atoms with E-state index in [1.807, 2.05) is 6.08 Å². The van der Waals surface area contributed by atoms with Crippen LogP contribution in [0.3, 0.4) is 0 Å². The number of aromatic hydroxyl groups is 2. The first kappa shape index (κ1) is 14.2. The minimum atomic E-state index is -0.116. The molecule has 0 fully saturated rings. The first-order valence-electron chi connectivity index (χ1n) is 6.44. The fraction of sp³-hybridized carbons (Fsp3) is 0.200. The van der Waals surface area contributed by atoms with Crippen molar-refractivity contribution in [3.05, 3.63) is 44.7 Å². The van der Waals surface area contributed by atoms with E-state index in [2.05, 4.69) is 4.98 Å². The van der Waals surface area contributed by atoms with E-state index in [0.29, 0.717) is 10.8 Å². The van der Waals surface area contributed by atoms with Crippen molar-refractivity contribution in [1.29, 1.82) is 0 Å². The third-order valence-corrected chi connectivity index (χ3v) is 5.17. The van der Waals surface area contributed by atoms with Gasteiger partial charge in [-0.15, -0.1) is 23.1 Å². The average molecular weight is 319 g/mol. The largest absolute Gasteiger partial charge is 0.504 e. The molecule has 6 heteroatoms. The zero-order valence-electron chi connectivity index (χ0n) is 11.1. The summed E-state index contributed by atoms with van der Waals surface area (Å²) in [4.78, 5) is 17.0. The van der Waals surface area contributed by atoms with Gasteiger partial charge in [-0.2, -0.15) is 0 Å². The van der Waals surface area contributed by atoms with E-state index in [1.54, 1.807) is 23.7 Å². The fourth-order valence-corrected chi connectivity index (χ4v) is 3.76. The number of fused-ring (bicyclic) bond motifs is 1. The second-order valence-electron chi connectivity index (χ2n) is 4.70. The number of Topliss-reactive ketones (excluding diaryl/α,β-unsaturated/α-hetero) is 1. The Morgan fingerprint density at radius 2 is 2.10 bits per heavy atom. The number of hydrogen-bond donors (Lipinski definition) is 2. The van der Waals surface area contributed by atoms with Gasteiger partial charge in [0.15, 0.2) is 16.5 Å². The lowest BCUT2D eigenvalue weighted by Crippen LogP contribution is -2.03. The van der Waals surface area contributed by atoms with Crippen LogP contribution in [0.25, 0.3) is 6.08 Å². The van der Waals surface area contributed by atoms with Crippen LogP contribution in [0.2, 0.25) is 0 Å². The molecule has 1 heterocycles. The van der Waals surface area contributed by atoms with E-state index in [-0.39, 0.29) is 17.3 Å². The van der Waals surface area contributed by atoms with Crippen molar-refractivity contribution >= 4 is 35.0 Å². The maximum atomic E-state index is 11.9. The van der Waals surface area contributed by atoms with Gasteiger partial charge in [0.2, 0.25) is 5.78 Å². The number of rotatable bonds is 4. The van der Waals surface area contributed by atoms with Crippen molar-refractivity contribution in [2.24, 2.45) is 0 Å². The number of phenols is 2. The van der Waals surface area contributed by atoms with Gasteiger partial charge in [0.05, 0.1) is 5.75 Å². The summed E-state index contributed by atoms with van der Waals surface area (Å²) in [5.74, 6) is 0.209. The zero-order chi connectivity index (χ0) is 14.8.